The fourth-order valence-electron chi connectivity index (χ4n) is 10.0. The maximum absolute atomic E-state index is 5.56. The third-order valence-corrected chi connectivity index (χ3v) is 13.5. The average Bonchev–Trinajstić information content (AvgIpc) is 3.89. The van der Waals surface area contributed by atoms with Crippen LogP contribution in [0.3, 0.4) is 0 Å². The van der Waals surface area contributed by atoms with Crippen molar-refractivity contribution in [2.45, 2.75) is 0 Å². The fraction of sp³-hybridized carbons (Fsp3) is 0. The standard InChI is InChI=1S/C52H28N4S/c1-2-13-30(14-3-1)48-38-25-24-29-12-6-7-17-33(29)49(38)54-52(53-48)55-40-22-11-19-34-35-20-10-21-36-39-26-31-15-4-5-16-32(31)27-41(39)56(50(35)36)51-46-37-18-8-9-23-43(37)57-44(46)28-42(55)47(51)45(34)40/h1-28H. The van der Waals surface area contributed by atoms with E-state index >= 15 is 0 Å². The molecule has 14 rings (SSSR count). The van der Waals surface area contributed by atoms with Gasteiger partial charge in [0.2, 0.25) is 5.95 Å². The van der Waals surface area contributed by atoms with Gasteiger partial charge in [0, 0.05) is 63.4 Å². The zero-order chi connectivity index (χ0) is 36.9. The monoisotopic (exact) mass is 740 g/mol. The van der Waals surface area contributed by atoms with Gasteiger partial charge in [-0.3, -0.25) is 4.57 Å². The minimum absolute atomic E-state index is 0.670. The van der Waals surface area contributed by atoms with Gasteiger partial charge < -0.3 is 4.40 Å². The van der Waals surface area contributed by atoms with Crippen molar-refractivity contribution in [1.82, 2.24) is 18.9 Å². The van der Waals surface area contributed by atoms with Gasteiger partial charge in [0.05, 0.1) is 38.8 Å². The molecule has 5 heterocycles. The molecule has 0 fully saturated rings. The predicted molar refractivity (Wildman–Crippen MR) is 242 cm³/mol. The second-order valence-corrected chi connectivity index (χ2v) is 16.4. The van der Waals surface area contributed by atoms with Crippen molar-refractivity contribution < 1.29 is 0 Å². The van der Waals surface area contributed by atoms with E-state index in [1.165, 1.54) is 79.8 Å². The molecule has 0 spiro atoms. The number of hydrogen-bond donors (Lipinski definition) is 0. The third kappa shape index (κ3) is 3.81. The molecule has 0 aliphatic rings. The highest BCUT2D eigenvalue weighted by Crippen LogP contribution is 2.49. The van der Waals surface area contributed by atoms with Gasteiger partial charge in [-0.25, -0.2) is 9.97 Å². The van der Waals surface area contributed by atoms with Crippen molar-refractivity contribution in [3.05, 3.63) is 170 Å². The number of benzene rings is 9. The SMILES string of the molecule is c1ccc(-c2nc(-n3c4cccc5c6cccc7c8cc9ccccc9cc8n(c67)c6c7c(cc3c6c54)sc3ccccc37)nc3c2ccc2ccccc23)cc1. The third-order valence-electron chi connectivity index (χ3n) is 12.4. The van der Waals surface area contributed by atoms with Crippen LogP contribution in [0.1, 0.15) is 0 Å². The lowest BCUT2D eigenvalue weighted by molar-refractivity contribution is 1.02. The van der Waals surface area contributed by atoms with E-state index in [0.29, 0.717) is 5.95 Å². The van der Waals surface area contributed by atoms with Gasteiger partial charge in [-0.2, -0.15) is 0 Å². The number of para-hydroxylation sites is 1. The van der Waals surface area contributed by atoms with E-state index in [1.54, 1.807) is 0 Å². The summed E-state index contributed by atoms with van der Waals surface area (Å²) in [6, 6.07) is 62.0. The molecule has 262 valence electrons. The molecule has 0 atom stereocenters. The first-order valence-electron chi connectivity index (χ1n) is 19.4. The molecule has 0 saturated heterocycles. The van der Waals surface area contributed by atoms with Gasteiger partial charge in [0.15, 0.2) is 0 Å². The minimum atomic E-state index is 0.670. The zero-order valence-electron chi connectivity index (χ0n) is 30.4. The lowest BCUT2D eigenvalue weighted by Gasteiger charge is -2.14. The van der Waals surface area contributed by atoms with E-state index in [4.69, 9.17) is 9.97 Å². The summed E-state index contributed by atoms with van der Waals surface area (Å²) >= 11 is 1.87. The Labute approximate surface area is 328 Å². The number of thiophene rings is 1. The topological polar surface area (TPSA) is 35.1 Å². The number of nitrogens with zero attached hydrogens (tertiary/aromatic N) is 4. The molecule has 14 aromatic rings. The molecule has 0 N–H and O–H groups in total. The molecular formula is C52H28N4S. The molecule has 0 aliphatic carbocycles. The Morgan fingerprint density at radius 3 is 1.96 bits per heavy atom. The highest BCUT2D eigenvalue weighted by atomic mass is 32.1. The molecule has 5 aromatic heterocycles. The summed E-state index contributed by atoms with van der Waals surface area (Å²) in [6.07, 6.45) is 0. The van der Waals surface area contributed by atoms with E-state index in [0.717, 1.165) is 44.0 Å². The van der Waals surface area contributed by atoms with Crippen molar-refractivity contribution in [2.75, 3.05) is 0 Å². The van der Waals surface area contributed by atoms with E-state index in [2.05, 4.69) is 179 Å². The van der Waals surface area contributed by atoms with E-state index in [1.807, 2.05) is 11.3 Å². The number of aromatic nitrogens is 4. The first-order chi connectivity index (χ1) is 28.3. The number of fused-ring (bicyclic) bond motifs is 13. The van der Waals surface area contributed by atoms with E-state index in [-0.39, 0.29) is 0 Å². The summed E-state index contributed by atoms with van der Waals surface area (Å²) in [5, 5.41) is 15.8. The summed E-state index contributed by atoms with van der Waals surface area (Å²) < 4.78 is 7.47. The van der Waals surface area contributed by atoms with Crippen molar-refractivity contribution in [3.8, 4) is 17.2 Å². The van der Waals surface area contributed by atoms with Crippen LogP contribution in [0.25, 0.3) is 130 Å². The normalized spacial score (nSPS) is 12.6. The van der Waals surface area contributed by atoms with Crippen LogP contribution in [-0.2, 0) is 0 Å². The Balaban J connectivity index is 1.28. The largest absolute Gasteiger partial charge is 0.307 e. The Bertz CT molecular complexity index is 4040. The molecule has 0 amide bonds. The summed E-state index contributed by atoms with van der Waals surface area (Å²) in [5.74, 6) is 0.670. The van der Waals surface area contributed by atoms with Gasteiger partial charge in [-0.15, -0.1) is 11.3 Å². The summed E-state index contributed by atoms with van der Waals surface area (Å²) in [4.78, 5) is 11.1. The van der Waals surface area contributed by atoms with Gasteiger partial charge in [-0.05, 0) is 57.9 Å². The first-order valence-corrected chi connectivity index (χ1v) is 20.2. The van der Waals surface area contributed by atoms with Crippen LogP contribution >= 0.6 is 11.3 Å². The zero-order valence-corrected chi connectivity index (χ0v) is 31.2. The van der Waals surface area contributed by atoms with Crippen LogP contribution in [0.4, 0.5) is 0 Å². The van der Waals surface area contributed by atoms with E-state index in [9.17, 15) is 0 Å². The van der Waals surface area contributed by atoms with Crippen LogP contribution in [0, 0.1) is 0 Å². The molecule has 0 bridgehead atoms. The lowest BCUT2D eigenvalue weighted by atomic mass is 10.0. The summed E-state index contributed by atoms with van der Waals surface area (Å²) in [6.45, 7) is 0. The molecule has 0 unspecified atom stereocenters. The fourth-order valence-corrected chi connectivity index (χ4v) is 11.2. The lowest BCUT2D eigenvalue weighted by Crippen LogP contribution is -2.04. The molecule has 0 aliphatic heterocycles. The average molecular weight is 741 g/mol. The highest BCUT2D eigenvalue weighted by Gasteiger charge is 2.27. The quantitative estimate of drug-likeness (QED) is 0.165. The predicted octanol–water partition coefficient (Wildman–Crippen LogP) is 14.2. The molecule has 5 heteroatoms. The van der Waals surface area contributed by atoms with Crippen molar-refractivity contribution >= 4 is 124 Å². The summed E-state index contributed by atoms with van der Waals surface area (Å²) in [5.41, 5.74) is 8.85. The Morgan fingerprint density at radius 2 is 1.09 bits per heavy atom. The van der Waals surface area contributed by atoms with Crippen molar-refractivity contribution in [3.63, 3.8) is 0 Å². The van der Waals surface area contributed by atoms with Crippen LogP contribution in [0.5, 0.6) is 0 Å². The number of rotatable bonds is 2. The molecule has 57 heavy (non-hydrogen) atoms. The minimum Gasteiger partial charge on any atom is -0.307 e. The molecule has 0 radical (unpaired) electrons. The second-order valence-electron chi connectivity index (χ2n) is 15.3. The van der Waals surface area contributed by atoms with Crippen LogP contribution in [0.15, 0.2) is 170 Å². The Morgan fingerprint density at radius 1 is 0.386 bits per heavy atom. The van der Waals surface area contributed by atoms with Gasteiger partial charge >= 0.3 is 0 Å². The maximum Gasteiger partial charge on any atom is 0.235 e. The molecule has 9 aromatic carbocycles. The first kappa shape index (κ1) is 29.9. The molecular weight excluding hydrogens is 713 g/mol. The van der Waals surface area contributed by atoms with Gasteiger partial charge in [0.1, 0.15) is 0 Å². The Hall–Kier alpha value is -7.34. The molecule has 4 nitrogen and oxygen atoms in total. The smallest absolute Gasteiger partial charge is 0.235 e. The second kappa shape index (κ2) is 10.7. The van der Waals surface area contributed by atoms with Crippen molar-refractivity contribution in [1.29, 1.82) is 0 Å². The van der Waals surface area contributed by atoms with Gasteiger partial charge in [-0.1, -0.05) is 133 Å². The molecule has 0 saturated carbocycles. The Kier molecular flexibility index (Phi) is 5.62. The van der Waals surface area contributed by atoms with Crippen LogP contribution in [-0.4, -0.2) is 18.9 Å². The van der Waals surface area contributed by atoms with Crippen LogP contribution < -0.4 is 0 Å². The number of hydrogen-bond acceptors (Lipinski definition) is 3. The van der Waals surface area contributed by atoms with E-state index < -0.39 is 0 Å². The summed E-state index contributed by atoms with van der Waals surface area (Å²) in [7, 11) is 0. The van der Waals surface area contributed by atoms with Gasteiger partial charge in [0.25, 0.3) is 0 Å². The highest BCUT2D eigenvalue weighted by molar-refractivity contribution is 7.26. The maximum atomic E-state index is 5.56. The van der Waals surface area contributed by atoms with Crippen LogP contribution in [0.2, 0.25) is 0 Å². The van der Waals surface area contributed by atoms with Crippen molar-refractivity contribution in [2.24, 2.45) is 0 Å².